The van der Waals surface area contributed by atoms with E-state index in [4.69, 9.17) is 16.3 Å². The second-order valence-corrected chi connectivity index (χ2v) is 7.39. The summed E-state index contributed by atoms with van der Waals surface area (Å²) in [6.45, 7) is -0.156. The van der Waals surface area contributed by atoms with Crippen LogP contribution in [0.4, 0.5) is 0 Å². The zero-order valence-electron chi connectivity index (χ0n) is 11.5. The van der Waals surface area contributed by atoms with Crippen LogP contribution in [0.3, 0.4) is 0 Å². The Morgan fingerprint density at radius 1 is 1.17 bits per heavy atom. The first-order valence-corrected chi connectivity index (χ1v) is 9.06. The van der Waals surface area contributed by atoms with Gasteiger partial charge in [0.15, 0.2) is 6.61 Å². The van der Waals surface area contributed by atoms with E-state index in [0.717, 1.165) is 19.0 Å². The number of ether oxygens (including phenoxy) is 1. The first-order valence-electron chi connectivity index (χ1n) is 6.30. The van der Waals surface area contributed by atoms with E-state index in [1.54, 1.807) is 24.3 Å². The van der Waals surface area contributed by atoms with Crippen molar-refractivity contribution in [3.8, 4) is 5.75 Å². The molecule has 0 heterocycles. The third-order valence-corrected chi connectivity index (χ3v) is 4.47. The van der Waals surface area contributed by atoms with Gasteiger partial charge in [-0.2, -0.15) is 5.10 Å². The van der Waals surface area contributed by atoms with Crippen LogP contribution in [0, 0.1) is 0 Å². The van der Waals surface area contributed by atoms with Crippen LogP contribution >= 0.6 is 59.4 Å². The van der Waals surface area contributed by atoms with Crippen molar-refractivity contribution in [3.05, 3.63) is 60.4 Å². The molecule has 0 unspecified atom stereocenters. The van der Waals surface area contributed by atoms with Gasteiger partial charge >= 0.3 is 0 Å². The highest BCUT2D eigenvalue weighted by atomic mass is 79.9. The van der Waals surface area contributed by atoms with Crippen molar-refractivity contribution in [3.63, 3.8) is 0 Å². The molecule has 0 atom stereocenters. The number of halogens is 4. The summed E-state index contributed by atoms with van der Waals surface area (Å²) in [5.74, 6) is 0.182. The molecule has 4 nitrogen and oxygen atoms in total. The number of carbonyl (C=O) groups excluding carboxylic acids is 1. The van der Waals surface area contributed by atoms with Crippen LogP contribution in [0.5, 0.6) is 5.75 Å². The van der Waals surface area contributed by atoms with Crippen LogP contribution in [-0.4, -0.2) is 18.7 Å². The lowest BCUT2D eigenvalue weighted by molar-refractivity contribution is -0.123. The fourth-order valence-electron chi connectivity index (χ4n) is 1.56. The first-order chi connectivity index (χ1) is 11.0. The van der Waals surface area contributed by atoms with Gasteiger partial charge in [-0.25, -0.2) is 5.43 Å². The highest BCUT2D eigenvalue weighted by molar-refractivity contribution is 9.11. The molecule has 0 aliphatic heterocycles. The number of hydrogen-bond donors (Lipinski definition) is 1. The van der Waals surface area contributed by atoms with Crippen molar-refractivity contribution in [2.45, 2.75) is 0 Å². The number of rotatable bonds is 5. The Hall–Kier alpha value is -0.890. The van der Waals surface area contributed by atoms with E-state index in [1.807, 2.05) is 12.1 Å². The third-order valence-electron chi connectivity index (χ3n) is 2.58. The third kappa shape index (κ3) is 5.91. The van der Waals surface area contributed by atoms with Gasteiger partial charge in [0.05, 0.1) is 15.2 Å². The topological polar surface area (TPSA) is 50.7 Å². The van der Waals surface area contributed by atoms with Gasteiger partial charge in [0, 0.05) is 9.50 Å². The van der Waals surface area contributed by atoms with Crippen molar-refractivity contribution in [2.24, 2.45) is 5.10 Å². The van der Waals surface area contributed by atoms with Crippen molar-refractivity contribution in [2.75, 3.05) is 6.61 Å². The number of carbonyl (C=O) groups is 1. The Balaban J connectivity index is 1.87. The summed E-state index contributed by atoms with van der Waals surface area (Å²) in [5.41, 5.74) is 3.23. The van der Waals surface area contributed by atoms with E-state index in [9.17, 15) is 4.79 Å². The average molecular weight is 525 g/mol. The number of amides is 1. The summed E-state index contributed by atoms with van der Waals surface area (Å²) >= 11 is 15.9. The smallest absolute Gasteiger partial charge is 0.277 e. The quantitative estimate of drug-likeness (QED) is 0.434. The van der Waals surface area contributed by atoms with Gasteiger partial charge in [-0.1, -0.05) is 39.7 Å². The van der Waals surface area contributed by atoms with Gasteiger partial charge < -0.3 is 4.74 Å². The molecule has 0 aromatic heterocycles. The summed E-state index contributed by atoms with van der Waals surface area (Å²) in [5, 5.41) is 4.51. The lowest BCUT2D eigenvalue weighted by atomic mass is 10.2. The lowest BCUT2D eigenvalue weighted by Gasteiger charge is -2.09. The molecule has 2 rings (SSSR count). The van der Waals surface area contributed by atoms with Crippen molar-refractivity contribution < 1.29 is 9.53 Å². The first kappa shape index (κ1) is 18.4. The standard InChI is InChI=1S/C15H10Br3ClN2O2/c16-10-5-12(17)15(13(18)6-10)23-8-14(22)21-20-7-9-1-3-11(19)4-2-9/h1-7H,8H2,(H,21,22)/b20-7+. The Kier molecular flexibility index (Phi) is 7.08. The fourth-order valence-corrected chi connectivity index (χ4v) is 4.18. The van der Waals surface area contributed by atoms with Crippen LogP contribution < -0.4 is 10.2 Å². The molecule has 8 heteroatoms. The zero-order chi connectivity index (χ0) is 16.8. The second kappa shape index (κ2) is 8.82. The Morgan fingerprint density at radius 2 is 1.78 bits per heavy atom. The van der Waals surface area contributed by atoms with Crippen LogP contribution in [0.25, 0.3) is 0 Å². The number of nitrogens with one attached hydrogen (secondary N) is 1. The molecule has 1 N–H and O–H groups in total. The minimum absolute atomic E-state index is 0.156. The maximum absolute atomic E-state index is 11.7. The predicted molar refractivity (Wildman–Crippen MR) is 102 cm³/mol. The molecule has 0 radical (unpaired) electrons. The van der Waals surface area contributed by atoms with Gasteiger partial charge in [-0.05, 0) is 61.7 Å². The van der Waals surface area contributed by atoms with E-state index in [0.29, 0.717) is 10.8 Å². The Labute approximate surface area is 163 Å². The molecule has 0 aliphatic carbocycles. The minimum atomic E-state index is -0.364. The van der Waals surface area contributed by atoms with E-state index in [2.05, 4.69) is 58.3 Å². The van der Waals surface area contributed by atoms with Gasteiger partial charge in [0.25, 0.3) is 5.91 Å². The van der Waals surface area contributed by atoms with Crippen LogP contribution in [-0.2, 0) is 4.79 Å². The number of hydrogen-bond acceptors (Lipinski definition) is 3. The number of nitrogens with zero attached hydrogens (tertiary/aromatic N) is 1. The molecule has 0 spiro atoms. The molecule has 2 aromatic carbocycles. The lowest BCUT2D eigenvalue weighted by Crippen LogP contribution is -2.24. The van der Waals surface area contributed by atoms with Crippen molar-refractivity contribution in [1.82, 2.24) is 5.43 Å². The summed E-state index contributed by atoms with van der Waals surface area (Å²) in [4.78, 5) is 11.7. The molecule has 0 aliphatic rings. The maximum atomic E-state index is 11.7. The fraction of sp³-hybridized carbons (Fsp3) is 0.0667. The van der Waals surface area contributed by atoms with E-state index in [1.165, 1.54) is 6.21 Å². The number of benzene rings is 2. The minimum Gasteiger partial charge on any atom is -0.481 e. The highest BCUT2D eigenvalue weighted by Gasteiger charge is 2.10. The van der Waals surface area contributed by atoms with Crippen molar-refractivity contribution >= 4 is 71.5 Å². The predicted octanol–water partition coefficient (Wildman–Crippen LogP) is 5.16. The van der Waals surface area contributed by atoms with Crippen LogP contribution in [0.15, 0.2) is 54.9 Å². The molecule has 0 saturated carbocycles. The largest absolute Gasteiger partial charge is 0.481 e. The van der Waals surface area contributed by atoms with E-state index < -0.39 is 0 Å². The zero-order valence-corrected chi connectivity index (χ0v) is 17.0. The molecular weight excluding hydrogens is 515 g/mol. The monoisotopic (exact) mass is 522 g/mol. The SMILES string of the molecule is O=C(COc1c(Br)cc(Br)cc1Br)N/N=C/c1ccc(Cl)cc1. The van der Waals surface area contributed by atoms with Gasteiger partial charge in [-0.15, -0.1) is 0 Å². The van der Waals surface area contributed by atoms with E-state index in [-0.39, 0.29) is 12.5 Å². The summed E-state index contributed by atoms with van der Waals surface area (Å²) < 4.78 is 7.84. The normalized spacial score (nSPS) is 10.8. The average Bonchev–Trinajstić information content (AvgIpc) is 2.48. The Morgan fingerprint density at radius 3 is 2.39 bits per heavy atom. The Bertz CT molecular complexity index is 713. The number of hydrazone groups is 1. The summed E-state index contributed by atoms with van der Waals surface area (Å²) in [6.07, 6.45) is 1.53. The maximum Gasteiger partial charge on any atom is 0.277 e. The molecule has 0 saturated heterocycles. The van der Waals surface area contributed by atoms with Gasteiger partial charge in [0.1, 0.15) is 5.75 Å². The molecule has 0 fully saturated rings. The summed E-state index contributed by atoms with van der Waals surface area (Å²) in [7, 11) is 0. The van der Waals surface area contributed by atoms with Crippen LogP contribution in [0.1, 0.15) is 5.56 Å². The molecule has 0 bridgehead atoms. The van der Waals surface area contributed by atoms with Gasteiger partial charge in [-0.3, -0.25) is 4.79 Å². The van der Waals surface area contributed by atoms with Crippen LogP contribution in [0.2, 0.25) is 5.02 Å². The highest BCUT2D eigenvalue weighted by Crippen LogP contribution is 2.36. The molecule has 120 valence electrons. The van der Waals surface area contributed by atoms with E-state index >= 15 is 0 Å². The molecule has 2 aromatic rings. The second-order valence-electron chi connectivity index (χ2n) is 4.33. The molecule has 23 heavy (non-hydrogen) atoms. The van der Waals surface area contributed by atoms with Gasteiger partial charge in [0.2, 0.25) is 0 Å². The summed E-state index contributed by atoms with van der Waals surface area (Å²) in [6, 6.07) is 10.7. The van der Waals surface area contributed by atoms with Crippen molar-refractivity contribution in [1.29, 1.82) is 0 Å². The molecular formula is C15H10Br3ClN2O2. The molecule has 1 amide bonds.